The standard InChI is InChI=1S/C18H24N2O3S/c1-3-4-5-16(17(22)23)24-18-19-15(12-21)11-20(18)10-14-8-6-13(2)7-9-14/h6-9,11,16,21H,3-5,10,12H2,1-2H3,(H,22,23)/t16-/m0/s1. The highest BCUT2D eigenvalue weighted by Crippen LogP contribution is 2.27. The van der Waals surface area contributed by atoms with Gasteiger partial charge < -0.3 is 14.8 Å². The number of aliphatic hydroxyl groups is 1. The van der Waals surface area contributed by atoms with Crippen molar-refractivity contribution in [2.75, 3.05) is 0 Å². The Bertz CT molecular complexity index is 667. The van der Waals surface area contributed by atoms with Crippen LogP contribution in [0, 0.1) is 6.92 Å². The van der Waals surface area contributed by atoms with Crippen molar-refractivity contribution in [3.05, 3.63) is 47.3 Å². The zero-order valence-corrected chi connectivity index (χ0v) is 14.9. The van der Waals surface area contributed by atoms with E-state index < -0.39 is 11.2 Å². The fourth-order valence-electron chi connectivity index (χ4n) is 2.37. The van der Waals surface area contributed by atoms with Crippen molar-refractivity contribution in [2.45, 2.75) is 56.7 Å². The minimum atomic E-state index is -0.816. The maximum Gasteiger partial charge on any atom is 0.317 e. The highest BCUT2D eigenvalue weighted by atomic mass is 32.2. The van der Waals surface area contributed by atoms with Gasteiger partial charge in [-0.1, -0.05) is 61.4 Å². The zero-order valence-electron chi connectivity index (χ0n) is 14.1. The summed E-state index contributed by atoms with van der Waals surface area (Å²) >= 11 is 1.26. The smallest absolute Gasteiger partial charge is 0.317 e. The molecule has 0 radical (unpaired) electrons. The first-order valence-corrected chi connectivity index (χ1v) is 9.03. The Labute approximate surface area is 146 Å². The average molecular weight is 348 g/mol. The van der Waals surface area contributed by atoms with Gasteiger partial charge in [0.05, 0.1) is 12.3 Å². The van der Waals surface area contributed by atoms with E-state index in [9.17, 15) is 15.0 Å². The van der Waals surface area contributed by atoms with Crippen LogP contribution >= 0.6 is 11.8 Å². The van der Waals surface area contributed by atoms with Gasteiger partial charge in [-0.3, -0.25) is 4.79 Å². The predicted molar refractivity (Wildman–Crippen MR) is 95.2 cm³/mol. The average Bonchev–Trinajstić information content (AvgIpc) is 2.95. The summed E-state index contributed by atoms with van der Waals surface area (Å²) in [7, 11) is 0. The first-order chi connectivity index (χ1) is 11.5. The Kier molecular flexibility index (Phi) is 6.87. The molecule has 1 atom stereocenters. The molecule has 130 valence electrons. The summed E-state index contributed by atoms with van der Waals surface area (Å²) in [4.78, 5) is 15.9. The van der Waals surface area contributed by atoms with Gasteiger partial charge in [0.2, 0.25) is 0 Å². The van der Waals surface area contributed by atoms with Gasteiger partial charge in [-0.05, 0) is 18.9 Å². The van der Waals surface area contributed by atoms with E-state index in [0.717, 1.165) is 18.4 Å². The third-order valence-corrected chi connectivity index (χ3v) is 5.03. The third kappa shape index (κ3) is 5.11. The molecule has 0 unspecified atom stereocenters. The number of imidazole rings is 1. The second-order valence-corrected chi connectivity index (χ2v) is 7.04. The predicted octanol–water partition coefficient (Wildman–Crippen LogP) is 3.47. The molecule has 0 aliphatic heterocycles. The summed E-state index contributed by atoms with van der Waals surface area (Å²) in [6, 6.07) is 8.20. The Morgan fingerprint density at radius 1 is 1.33 bits per heavy atom. The van der Waals surface area contributed by atoms with Crippen LogP contribution in [0.2, 0.25) is 0 Å². The van der Waals surface area contributed by atoms with E-state index in [2.05, 4.69) is 4.98 Å². The molecule has 1 heterocycles. The summed E-state index contributed by atoms with van der Waals surface area (Å²) in [6.45, 7) is 4.54. The summed E-state index contributed by atoms with van der Waals surface area (Å²) in [5, 5.41) is 18.9. The van der Waals surface area contributed by atoms with Crippen molar-refractivity contribution in [1.82, 2.24) is 9.55 Å². The number of carboxylic acids is 1. The van der Waals surface area contributed by atoms with Crippen LogP contribution in [0.1, 0.15) is 43.0 Å². The molecular formula is C18H24N2O3S. The number of aromatic nitrogens is 2. The fourth-order valence-corrected chi connectivity index (χ4v) is 3.44. The van der Waals surface area contributed by atoms with E-state index in [0.29, 0.717) is 23.8 Å². The van der Waals surface area contributed by atoms with Crippen LogP contribution in [-0.2, 0) is 17.9 Å². The highest BCUT2D eigenvalue weighted by Gasteiger charge is 2.21. The minimum Gasteiger partial charge on any atom is -0.480 e. The second kappa shape index (κ2) is 8.89. The lowest BCUT2D eigenvalue weighted by molar-refractivity contribution is -0.136. The number of hydrogen-bond donors (Lipinski definition) is 2. The van der Waals surface area contributed by atoms with Crippen molar-refractivity contribution in [3.63, 3.8) is 0 Å². The first kappa shape index (κ1) is 18.5. The molecule has 0 bridgehead atoms. The van der Waals surface area contributed by atoms with Gasteiger partial charge in [-0.25, -0.2) is 4.98 Å². The van der Waals surface area contributed by atoms with Gasteiger partial charge in [-0.15, -0.1) is 0 Å². The number of carbonyl (C=O) groups is 1. The van der Waals surface area contributed by atoms with Gasteiger partial charge in [-0.2, -0.15) is 0 Å². The lowest BCUT2D eigenvalue weighted by Gasteiger charge is -2.13. The molecule has 0 amide bonds. The maximum absolute atomic E-state index is 11.5. The quantitative estimate of drug-likeness (QED) is 0.679. The fraction of sp³-hybridized carbons (Fsp3) is 0.444. The first-order valence-electron chi connectivity index (χ1n) is 8.15. The SMILES string of the molecule is CCCC[C@H](Sc1nc(CO)cn1Cc1ccc(C)cc1)C(=O)O. The molecule has 1 aromatic carbocycles. The molecule has 1 aromatic heterocycles. The van der Waals surface area contributed by atoms with Gasteiger partial charge in [0, 0.05) is 12.7 Å². The van der Waals surface area contributed by atoms with Crippen molar-refractivity contribution in [3.8, 4) is 0 Å². The highest BCUT2D eigenvalue weighted by molar-refractivity contribution is 8.00. The zero-order chi connectivity index (χ0) is 17.5. The van der Waals surface area contributed by atoms with E-state index in [-0.39, 0.29) is 6.61 Å². The minimum absolute atomic E-state index is 0.152. The maximum atomic E-state index is 11.5. The van der Waals surface area contributed by atoms with Crippen molar-refractivity contribution >= 4 is 17.7 Å². The van der Waals surface area contributed by atoms with Gasteiger partial charge in [0.1, 0.15) is 5.25 Å². The molecule has 0 saturated heterocycles. The normalized spacial score (nSPS) is 12.3. The van der Waals surface area contributed by atoms with Crippen LogP contribution in [0.3, 0.4) is 0 Å². The Morgan fingerprint density at radius 3 is 2.62 bits per heavy atom. The summed E-state index contributed by atoms with van der Waals surface area (Å²) in [6.07, 6.45) is 4.24. The number of rotatable bonds is 9. The summed E-state index contributed by atoms with van der Waals surface area (Å²) in [5.41, 5.74) is 2.87. The largest absolute Gasteiger partial charge is 0.480 e. The van der Waals surface area contributed by atoms with E-state index >= 15 is 0 Å². The van der Waals surface area contributed by atoms with E-state index in [1.807, 2.05) is 42.7 Å². The molecule has 0 aliphatic rings. The monoisotopic (exact) mass is 348 g/mol. The van der Waals surface area contributed by atoms with E-state index in [1.54, 1.807) is 6.20 Å². The van der Waals surface area contributed by atoms with E-state index in [4.69, 9.17) is 0 Å². The van der Waals surface area contributed by atoms with Crippen LogP contribution in [0.5, 0.6) is 0 Å². The molecule has 2 N–H and O–H groups in total. The molecular weight excluding hydrogens is 324 g/mol. The lowest BCUT2D eigenvalue weighted by atomic mass is 10.1. The van der Waals surface area contributed by atoms with Gasteiger partial charge in [0.25, 0.3) is 0 Å². The Balaban J connectivity index is 2.20. The molecule has 5 nitrogen and oxygen atoms in total. The topological polar surface area (TPSA) is 75.4 Å². The molecule has 2 rings (SSSR count). The number of unbranched alkanes of at least 4 members (excludes halogenated alkanes) is 1. The van der Waals surface area contributed by atoms with Crippen molar-refractivity contribution in [2.24, 2.45) is 0 Å². The summed E-state index contributed by atoms with van der Waals surface area (Å²) in [5.74, 6) is -0.816. The Hall–Kier alpha value is -1.79. The summed E-state index contributed by atoms with van der Waals surface area (Å²) < 4.78 is 1.92. The molecule has 0 saturated carbocycles. The number of thioether (sulfide) groups is 1. The number of carboxylic acid groups (broad SMARTS) is 1. The van der Waals surface area contributed by atoms with Crippen LogP contribution in [0.4, 0.5) is 0 Å². The molecule has 0 spiro atoms. The molecule has 24 heavy (non-hydrogen) atoms. The number of aryl methyl sites for hydroxylation is 1. The molecule has 0 aliphatic carbocycles. The number of nitrogens with zero attached hydrogens (tertiary/aromatic N) is 2. The van der Waals surface area contributed by atoms with Crippen LogP contribution < -0.4 is 0 Å². The molecule has 2 aromatic rings. The van der Waals surface area contributed by atoms with E-state index in [1.165, 1.54) is 17.3 Å². The Morgan fingerprint density at radius 2 is 2.04 bits per heavy atom. The van der Waals surface area contributed by atoms with Crippen molar-refractivity contribution in [1.29, 1.82) is 0 Å². The van der Waals surface area contributed by atoms with Crippen molar-refractivity contribution < 1.29 is 15.0 Å². The second-order valence-electron chi connectivity index (χ2n) is 5.87. The number of benzene rings is 1. The number of aliphatic carboxylic acids is 1. The van der Waals surface area contributed by atoms with Gasteiger partial charge in [0.15, 0.2) is 5.16 Å². The van der Waals surface area contributed by atoms with Crippen LogP contribution in [0.25, 0.3) is 0 Å². The van der Waals surface area contributed by atoms with Crippen LogP contribution in [-0.4, -0.2) is 31.0 Å². The van der Waals surface area contributed by atoms with Gasteiger partial charge >= 0.3 is 5.97 Å². The lowest BCUT2D eigenvalue weighted by Crippen LogP contribution is -2.17. The number of aliphatic hydroxyl groups excluding tert-OH is 1. The van der Waals surface area contributed by atoms with Crippen LogP contribution in [0.15, 0.2) is 35.6 Å². The number of hydrogen-bond acceptors (Lipinski definition) is 4. The molecule has 0 fully saturated rings. The molecule has 6 heteroatoms. The third-order valence-electron chi connectivity index (χ3n) is 3.77.